The highest BCUT2D eigenvalue weighted by Gasteiger charge is 2.13. The van der Waals surface area contributed by atoms with Crippen molar-refractivity contribution in [2.24, 2.45) is 0 Å². The van der Waals surface area contributed by atoms with E-state index in [-0.39, 0.29) is 0 Å². The van der Waals surface area contributed by atoms with Crippen molar-refractivity contribution in [3.05, 3.63) is 24.3 Å². The number of benzene rings is 1. The summed E-state index contributed by atoms with van der Waals surface area (Å²) in [6.07, 6.45) is 1.41. The van der Waals surface area contributed by atoms with Gasteiger partial charge in [0.15, 0.2) is 5.65 Å². The maximum atomic E-state index is 8.55. The lowest BCUT2D eigenvalue weighted by molar-refractivity contribution is 0.789. The Kier molecular flexibility index (Phi) is 4.02. The summed E-state index contributed by atoms with van der Waals surface area (Å²) in [6.45, 7) is 2.95. The number of hydrogen-bond acceptors (Lipinski definition) is 5. The van der Waals surface area contributed by atoms with Crippen LogP contribution in [0, 0.1) is 11.3 Å². The molecule has 21 heavy (non-hydrogen) atoms. The Morgan fingerprint density at radius 2 is 2.14 bits per heavy atom. The molecule has 6 heteroatoms. The molecule has 1 aromatic carbocycles. The molecule has 0 aliphatic rings. The highest BCUT2D eigenvalue weighted by Crippen LogP contribution is 2.27. The molecule has 0 saturated carbocycles. The van der Waals surface area contributed by atoms with Gasteiger partial charge in [-0.1, -0.05) is 30.0 Å². The zero-order chi connectivity index (χ0) is 14.7. The van der Waals surface area contributed by atoms with Gasteiger partial charge in [-0.15, -0.1) is 10.2 Å². The number of aromatic nitrogens is 4. The van der Waals surface area contributed by atoms with Gasteiger partial charge in [0.25, 0.3) is 0 Å². The van der Waals surface area contributed by atoms with Crippen LogP contribution >= 0.6 is 11.8 Å². The number of aryl methyl sites for hydroxylation is 1. The van der Waals surface area contributed by atoms with Gasteiger partial charge in [-0.05, 0) is 19.4 Å². The molecule has 106 valence electrons. The predicted molar refractivity (Wildman–Crippen MR) is 84.1 cm³/mol. The molecule has 3 rings (SSSR count). The van der Waals surface area contributed by atoms with Crippen LogP contribution in [0.1, 0.15) is 19.8 Å². The van der Waals surface area contributed by atoms with Crippen LogP contribution in [0.25, 0.3) is 22.1 Å². The molecule has 2 aromatic heterocycles. The Hall–Kier alpha value is -2.13. The monoisotopic (exact) mass is 297 g/mol. The molecule has 0 radical (unpaired) electrons. The van der Waals surface area contributed by atoms with Crippen molar-refractivity contribution in [2.75, 3.05) is 5.75 Å². The molecule has 0 fully saturated rings. The molecule has 2 heterocycles. The van der Waals surface area contributed by atoms with E-state index in [9.17, 15) is 0 Å². The van der Waals surface area contributed by atoms with E-state index in [4.69, 9.17) is 5.26 Å². The Morgan fingerprint density at radius 1 is 1.29 bits per heavy atom. The van der Waals surface area contributed by atoms with E-state index >= 15 is 0 Å². The van der Waals surface area contributed by atoms with Gasteiger partial charge in [-0.2, -0.15) is 5.26 Å². The number of rotatable bonds is 5. The van der Waals surface area contributed by atoms with Gasteiger partial charge >= 0.3 is 0 Å². The summed E-state index contributed by atoms with van der Waals surface area (Å²) in [6, 6.07) is 10.3. The van der Waals surface area contributed by atoms with Crippen LogP contribution in [0.2, 0.25) is 0 Å². The smallest absolute Gasteiger partial charge is 0.211 e. The van der Waals surface area contributed by atoms with Crippen molar-refractivity contribution < 1.29 is 0 Å². The summed E-state index contributed by atoms with van der Waals surface area (Å²) in [5, 5.41) is 18.9. The van der Waals surface area contributed by atoms with Gasteiger partial charge in [0.1, 0.15) is 5.52 Å². The van der Waals surface area contributed by atoms with Gasteiger partial charge in [-0.25, -0.2) is 4.98 Å². The molecule has 0 saturated heterocycles. The number of nitriles is 1. The molecule has 0 aliphatic carbocycles. The first-order valence-electron chi connectivity index (χ1n) is 6.96. The van der Waals surface area contributed by atoms with Gasteiger partial charge in [0.2, 0.25) is 5.16 Å². The zero-order valence-corrected chi connectivity index (χ0v) is 12.6. The summed E-state index contributed by atoms with van der Waals surface area (Å²) in [5.41, 5.74) is 2.88. The number of unbranched alkanes of at least 4 members (excludes halogenated alkanes) is 1. The van der Waals surface area contributed by atoms with Crippen molar-refractivity contribution in [2.45, 2.75) is 31.5 Å². The molecule has 0 N–H and O–H groups in total. The van der Waals surface area contributed by atoms with Crippen LogP contribution in [0.15, 0.2) is 29.4 Å². The van der Waals surface area contributed by atoms with Crippen LogP contribution in [-0.2, 0) is 6.54 Å². The third-order valence-corrected chi connectivity index (χ3v) is 4.26. The van der Waals surface area contributed by atoms with Crippen molar-refractivity contribution in [1.82, 2.24) is 19.7 Å². The Morgan fingerprint density at radius 3 is 2.95 bits per heavy atom. The lowest BCUT2D eigenvalue weighted by atomic mass is 10.2. The van der Waals surface area contributed by atoms with E-state index in [0.29, 0.717) is 11.6 Å². The summed E-state index contributed by atoms with van der Waals surface area (Å²) >= 11 is 1.56. The zero-order valence-electron chi connectivity index (χ0n) is 11.8. The van der Waals surface area contributed by atoms with E-state index < -0.39 is 0 Å². The lowest BCUT2D eigenvalue weighted by Gasteiger charge is -2.02. The van der Waals surface area contributed by atoms with E-state index in [1.54, 1.807) is 11.8 Å². The van der Waals surface area contributed by atoms with E-state index in [1.807, 2.05) is 12.1 Å². The second-order valence-corrected chi connectivity index (χ2v) is 5.70. The molecular weight excluding hydrogens is 282 g/mol. The minimum atomic E-state index is 0.567. The van der Waals surface area contributed by atoms with Crippen LogP contribution in [-0.4, -0.2) is 25.5 Å². The Labute approximate surface area is 127 Å². The summed E-state index contributed by atoms with van der Waals surface area (Å²) < 4.78 is 2.17. The number of para-hydroxylation sites is 1. The Bertz CT molecular complexity index is 818. The van der Waals surface area contributed by atoms with E-state index in [2.05, 4.69) is 44.9 Å². The number of fused-ring (bicyclic) bond motifs is 3. The lowest BCUT2D eigenvalue weighted by Crippen LogP contribution is -1.98. The second kappa shape index (κ2) is 6.10. The van der Waals surface area contributed by atoms with Crippen LogP contribution < -0.4 is 0 Å². The van der Waals surface area contributed by atoms with Crippen molar-refractivity contribution in [3.8, 4) is 6.07 Å². The molecule has 3 aromatic rings. The predicted octanol–water partition coefficient (Wildman–Crippen LogP) is 3.40. The standard InChI is InChI=1S/C15H15N5S/c1-2-20-12-8-4-3-7-11(12)13-14(20)17-15(19-18-13)21-10-6-5-9-16/h3-4,7-8H,2,5-6,10H2,1H3. The topological polar surface area (TPSA) is 67.4 Å². The fraction of sp³-hybridized carbons (Fsp3) is 0.333. The number of nitrogens with zero attached hydrogens (tertiary/aromatic N) is 5. The second-order valence-electron chi connectivity index (χ2n) is 4.64. The van der Waals surface area contributed by atoms with Crippen LogP contribution in [0.3, 0.4) is 0 Å². The highest BCUT2D eigenvalue weighted by atomic mass is 32.2. The molecule has 0 unspecified atom stereocenters. The van der Waals surface area contributed by atoms with Crippen molar-refractivity contribution >= 4 is 33.8 Å². The molecule has 0 aliphatic heterocycles. The van der Waals surface area contributed by atoms with Gasteiger partial charge in [0, 0.05) is 24.1 Å². The maximum Gasteiger partial charge on any atom is 0.211 e. The normalized spacial score (nSPS) is 11.0. The minimum absolute atomic E-state index is 0.567. The molecule has 5 nitrogen and oxygen atoms in total. The van der Waals surface area contributed by atoms with Crippen molar-refractivity contribution in [3.63, 3.8) is 0 Å². The summed E-state index contributed by atoms with van der Waals surface area (Å²) in [7, 11) is 0. The number of thioether (sulfide) groups is 1. The SMILES string of the molecule is CCn1c2ccccc2c2nnc(SCCCC#N)nc21. The minimum Gasteiger partial charge on any atom is -0.324 e. The van der Waals surface area contributed by atoms with Crippen LogP contribution in [0.4, 0.5) is 0 Å². The largest absolute Gasteiger partial charge is 0.324 e. The van der Waals surface area contributed by atoms with E-state index in [0.717, 1.165) is 40.8 Å². The third kappa shape index (κ3) is 2.57. The van der Waals surface area contributed by atoms with Crippen LogP contribution in [0.5, 0.6) is 0 Å². The first-order chi connectivity index (χ1) is 10.3. The number of hydrogen-bond donors (Lipinski definition) is 0. The molecule has 0 spiro atoms. The first-order valence-corrected chi connectivity index (χ1v) is 7.95. The molecule has 0 bridgehead atoms. The third-order valence-electron chi connectivity index (χ3n) is 3.33. The van der Waals surface area contributed by atoms with Gasteiger partial charge in [0.05, 0.1) is 11.6 Å². The van der Waals surface area contributed by atoms with Gasteiger partial charge in [-0.3, -0.25) is 0 Å². The molecule has 0 atom stereocenters. The summed E-state index contributed by atoms with van der Waals surface area (Å²) in [5.74, 6) is 0.840. The van der Waals surface area contributed by atoms with Crippen molar-refractivity contribution in [1.29, 1.82) is 5.26 Å². The van der Waals surface area contributed by atoms with Gasteiger partial charge < -0.3 is 4.57 Å². The maximum absolute atomic E-state index is 8.55. The Balaban J connectivity index is 2.01. The van der Waals surface area contributed by atoms with E-state index in [1.165, 1.54) is 0 Å². The summed E-state index contributed by atoms with van der Waals surface area (Å²) in [4.78, 5) is 4.65. The first kappa shape index (κ1) is 13.8. The quantitative estimate of drug-likeness (QED) is 0.533. The fourth-order valence-corrected chi connectivity index (χ4v) is 3.11. The molecular formula is C15H15N5S. The molecule has 0 amide bonds. The fourth-order valence-electron chi connectivity index (χ4n) is 2.39. The highest BCUT2D eigenvalue weighted by molar-refractivity contribution is 7.99. The average Bonchev–Trinajstić information content (AvgIpc) is 2.84. The average molecular weight is 297 g/mol.